The van der Waals surface area contributed by atoms with E-state index in [-0.39, 0.29) is 17.9 Å². The van der Waals surface area contributed by atoms with Crippen LogP contribution in [0.25, 0.3) is 5.65 Å². The minimum Gasteiger partial charge on any atom is -0.365 e. The van der Waals surface area contributed by atoms with E-state index in [1.807, 2.05) is 43.4 Å². The third kappa shape index (κ3) is 3.63. The number of thiophene rings is 1. The normalized spacial score (nSPS) is 13.4. The molecule has 0 aliphatic carbocycles. The van der Waals surface area contributed by atoms with Gasteiger partial charge in [0.1, 0.15) is 0 Å². The molecule has 0 radical (unpaired) electrons. The molecule has 0 fully saturated rings. The van der Waals surface area contributed by atoms with Gasteiger partial charge in [0.2, 0.25) is 5.91 Å². The van der Waals surface area contributed by atoms with Crippen molar-refractivity contribution in [1.82, 2.24) is 14.6 Å². The van der Waals surface area contributed by atoms with Crippen molar-refractivity contribution in [3.63, 3.8) is 0 Å². The van der Waals surface area contributed by atoms with Crippen LogP contribution < -0.4 is 15.8 Å². The second-order valence-electron chi connectivity index (χ2n) is 7.86. The zero-order valence-electron chi connectivity index (χ0n) is 17.4. The number of para-hydroxylation sites is 2. The van der Waals surface area contributed by atoms with Gasteiger partial charge in [0.15, 0.2) is 5.65 Å². The Morgan fingerprint density at radius 2 is 2.10 bits per heavy atom. The van der Waals surface area contributed by atoms with Crippen molar-refractivity contribution in [1.29, 1.82) is 0 Å². The maximum atomic E-state index is 13.0. The monoisotopic (exact) mass is 433 g/mol. The molecule has 0 saturated carbocycles. The molecule has 7 nitrogen and oxygen atoms in total. The molecule has 0 unspecified atom stereocenters. The fourth-order valence-corrected chi connectivity index (χ4v) is 5.17. The zero-order chi connectivity index (χ0) is 21.5. The number of rotatable bonds is 4. The number of aromatic amines is 1. The Balaban J connectivity index is 1.39. The molecule has 0 spiro atoms. The maximum absolute atomic E-state index is 13.0. The molecule has 2 N–H and O–H groups in total. The number of carbonyl (C=O) groups excluding carboxylic acids is 1. The number of carbonyl (C=O) groups is 1. The van der Waals surface area contributed by atoms with Crippen LogP contribution in [0.15, 0.2) is 46.6 Å². The molecule has 31 heavy (non-hydrogen) atoms. The minimum atomic E-state index is -0.208. The average molecular weight is 434 g/mol. The summed E-state index contributed by atoms with van der Waals surface area (Å²) in [5.41, 5.74) is 5.94. The molecule has 3 aromatic heterocycles. The molecule has 0 saturated heterocycles. The van der Waals surface area contributed by atoms with E-state index in [0.717, 1.165) is 47.8 Å². The summed E-state index contributed by atoms with van der Waals surface area (Å²) in [5.74, 6) is -0.109. The van der Waals surface area contributed by atoms with Gasteiger partial charge in [-0.3, -0.25) is 14.7 Å². The van der Waals surface area contributed by atoms with Gasteiger partial charge in [0, 0.05) is 41.0 Å². The quantitative estimate of drug-likeness (QED) is 0.517. The van der Waals surface area contributed by atoms with Crippen molar-refractivity contribution in [2.45, 2.75) is 33.2 Å². The number of nitrogens with zero attached hydrogens (tertiary/aromatic N) is 3. The summed E-state index contributed by atoms with van der Waals surface area (Å²) in [4.78, 5) is 32.9. The van der Waals surface area contributed by atoms with Gasteiger partial charge in [-0.25, -0.2) is 9.50 Å². The first kappa shape index (κ1) is 19.6. The van der Waals surface area contributed by atoms with Gasteiger partial charge in [-0.1, -0.05) is 12.1 Å². The van der Waals surface area contributed by atoms with E-state index in [0.29, 0.717) is 5.65 Å². The van der Waals surface area contributed by atoms with E-state index in [9.17, 15) is 9.59 Å². The van der Waals surface area contributed by atoms with Crippen LogP contribution in [-0.4, -0.2) is 27.0 Å². The predicted molar refractivity (Wildman–Crippen MR) is 123 cm³/mol. The SMILES string of the molecule is Cc1nc2cc(=O)[nH]n2c(C)c1CC(=O)Nc1ccccc1N1CCc2sccc2C1. The molecule has 5 rings (SSSR count). The number of aromatic nitrogens is 3. The van der Waals surface area contributed by atoms with E-state index in [1.165, 1.54) is 16.5 Å². The maximum Gasteiger partial charge on any atom is 0.266 e. The van der Waals surface area contributed by atoms with E-state index in [2.05, 4.69) is 37.8 Å². The van der Waals surface area contributed by atoms with Crippen molar-refractivity contribution >= 4 is 34.3 Å². The van der Waals surface area contributed by atoms with Gasteiger partial charge in [0.05, 0.1) is 17.8 Å². The number of benzene rings is 1. The number of H-pyrrole nitrogens is 1. The Morgan fingerprint density at radius 3 is 2.97 bits per heavy atom. The summed E-state index contributed by atoms with van der Waals surface area (Å²) in [6.07, 6.45) is 1.21. The third-order valence-corrected chi connectivity index (χ3v) is 6.89. The van der Waals surface area contributed by atoms with Gasteiger partial charge >= 0.3 is 0 Å². The predicted octanol–water partition coefficient (Wildman–Crippen LogP) is 3.44. The summed E-state index contributed by atoms with van der Waals surface area (Å²) >= 11 is 1.82. The molecule has 4 heterocycles. The van der Waals surface area contributed by atoms with Crippen molar-refractivity contribution in [2.24, 2.45) is 0 Å². The Morgan fingerprint density at radius 1 is 1.26 bits per heavy atom. The number of fused-ring (bicyclic) bond motifs is 2. The van der Waals surface area contributed by atoms with Crippen LogP contribution in [0.5, 0.6) is 0 Å². The first-order valence-corrected chi connectivity index (χ1v) is 11.1. The molecule has 1 aliphatic rings. The lowest BCUT2D eigenvalue weighted by molar-refractivity contribution is -0.115. The molecule has 1 aliphatic heterocycles. The molecule has 1 amide bonds. The standard InChI is InChI=1S/C23H23N5O2S/c1-14-17(15(2)28-21(24-14)12-23(30)26-28)11-22(29)25-18-5-3-4-6-19(18)27-9-7-20-16(13-27)8-10-31-20/h3-6,8,10,12H,7,9,11,13H2,1-2H3,(H,25,29)(H,26,30). The molecule has 4 aromatic rings. The summed E-state index contributed by atoms with van der Waals surface area (Å²) < 4.78 is 1.64. The van der Waals surface area contributed by atoms with Crippen LogP contribution in [-0.2, 0) is 24.2 Å². The molecule has 8 heteroatoms. The fourth-order valence-electron chi connectivity index (χ4n) is 4.28. The lowest BCUT2D eigenvalue weighted by Crippen LogP contribution is -2.30. The van der Waals surface area contributed by atoms with Crippen LogP contribution in [0.4, 0.5) is 11.4 Å². The van der Waals surface area contributed by atoms with Gasteiger partial charge in [-0.05, 0) is 49.4 Å². The Labute approximate surface area is 183 Å². The molecular formula is C23H23N5O2S. The largest absolute Gasteiger partial charge is 0.365 e. The number of hydrogen-bond donors (Lipinski definition) is 2. The number of nitrogens with one attached hydrogen (secondary N) is 2. The Hall–Kier alpha value is -3.39. The highest BCUT2D eigenvalue weighted by atomic mass is 32.1. The smallest absolute Gasteiger partial charge is 0.266 e. The Bertz CT molecular complexity index is 1350. The lowest BCUT2D eigenvalue weighted by atomic mass is 10.1. The highest BCUT2D eigenvalue weighted by molar-refractivity contribution is 7.10. The highest BCUT2D eigenvalue weighted by Gasteiger charge is 2.21. The van der Waals surface area contributed by atoms with Crippen molar-refractivity contribution in [3.8, 4) is 0 Å². The van der Waals surface area contributed by atoms with E-state index < -0.39 is 0 Å². The molecule has 1 aromatic carbocycles. The highest BCUT2D eigenvalue weighted by Crippen LogP contribution is 2.32. The summed E-state index contributed by atoms with van der Waals surface area (Å²) in [6, 6.07) is 11.6. The van der Waals surface area contributed by atoms with E-state index in [1.54, 1.807) is 4.52 Å². The lowest BCUT2D eigenvalue weighted by Gasteiger charge is -2.30. The molecule has 158 valence electrons. The second kappa shape index (κ2) is 7.70. The van der Waals surface area contributed by atoms with Crippen LogP contribution in [0.2, 0.25) is 0 Å². The van der Waals surface area contributed by atoms with Gasteiger partial charge in [-0.15, -0.1) is 11.3 Å². The van der Waals surface area contributed by atoms with Gasteiger partial charge in [0.25, 0.3) is 5.56 Å². The minimum absolute atomic E-state index is 0.109. The van der Waals surface area contributed by atoms with Crippen LogP contribution in [0.1, 0.15) is 27.4 Å². The van der Waals surface area contributed by atoms with Crippen molar-refractivity contribution < 1.29 is 4.79 Å². The summed E-state index contributed by atoms with van der Waals surface area (Å²) in [7, 11) is 0. The average Bonchev–Trinajstić information content (AvgIpc) is 3.37. The molecule has 0 atom stereocenters. The van der Waals surface area contributed by atoms with E-state index >= 15 is 0 Å². The molecular weight excluding hydrogens is 410 g/mol. The van der Waals surface area contributed by atoms with Gasteiger partial charge < -0.3 is 10.2 Å². The number of hydrogen-bond acceptors (Lipinski definition) is 5. The zero-order valence-corrected chi connectivity index (χ0v) is 18.3. The summed E-state index contributed by atoms with van der Waals surface area (Å²) in [5, 5.41) is 7.98. The first-order valence-electron chi connectivity index (χ1n) is 10.3. The van der Waals surface area contributed by atoms with Crippen molar-refractivity contribution in [3.05, 3.63) is 79.5 Å². The molecule has 0 bridgehead atoms. The number of anilines is 2. The third-order valence-electron chi connectivity index (χ3n) is 5.87. The van der Waals surface area contributed by atoms with Crippen LogP contribution in [0.3, 0.4) is 0 Å². The van der Waals surface area contributed by atoms with E-state index in [4.69, 9.17) is 0 Å². The first-order chi connectivity index (χ1) is 15.0. The van der Waals surface area contributed by atoms with Crippen molar-refractivity contribution in [2.75, 3.05) is 16.8 Å². The van der Waals surface area contributed by atoms with Crippen LogP contribution >= 0.6 is 11.3 Å². The Kier molecular flexibility index (Phi) is 4.86. The van der Waals surface area contributed by atoms with Crippen LogP contribution in [0, 0.1) is 13.8 Å². The number of aryl methyl sites for hydroxylation is 2. The second-order valence-corrected chi connectivity index (χ2v) is 8.86. The van der Waals surface area contributed by atoms with Gasteiger partial charge in [-0.2, -0.15) is 0 Å². The fraction of sp³-hybridized carbons (Fsp3) is 0.261. The topological polar surface area (TPSA) is 82.5 Å². The number of amides is 1. The summed E-state index contributed by atoms with van der Waals surface area (Å²) in [6.45, 7) is 5.54.